The number of nitriles is 1. The lowest BCUT2D eigenvalue weighted by Gasteiger charge is -2.19. The standard InChI is InChI=1S/C18H17N3/c1-21(13-14-5-3-2-4-6-14)16-7-8-17-15(9-10-19)12-20-18(17)11-16/h2-8,11-12,20H,9,13H2,1H3. The first kappa shape index (κ1) is 13.3. The third-order valence-electron chi connectivity index (χ3n) is 3.72. The van der Waals surface area contributed by atoms with Gasteiger partial charge in [-0.2, -0.15) is 5.26 Å². The van der Waals surface area contributed by atoms with Crippen molar-refractivity contribution in [3.8, 4) is 6.07 Å². The third-order valence-corrected chi connectivity index (χ3v) is 3.72. The average Bonchev–Trinajstić information content (AvgIpc) is 2.91. The van der Waals surface area contributed by atoms with Crippen LogP contribution in [-0.4, -0.2) is 12.0 Å². The molecular formula is C18H17N3. The molecule has 1 aromatic heterocycles. The Labute approximate surface area is 124 Å². The zero-order chi connectivity index (χ0) is 14.7. The van der Waals surface area contributed by atoms with Gasteiger partial charge in [-0.15, -0.1) is 0 Å². The van der Waals surface area contributed by atoms with Gasteiger partial charge in [0.2, 0.25) is 0 Å². The van der Waals surface area contributed by atoms with Gasteiger partial charge < -0.3 is 9.88 Å². The summed E-state index contributed by atoms with van der Waals surface area (Å²) in [6.45, 7) is 0.873. The highest BCUT2D eigenvalue weighted by Crippen LogP contribution is 2.24. The number of hydrogen-bond acceptors (Lipinski definition) is 2. The molecule has 3 nitrogen and oxygen atoms in total. The molecule has 104 valence electrons. The van der Waals surface area contributed by atoms with E-state index in [9.17, 15) is 0 Å². The first-order valence-corrected chi connectivity index (χ1v) is 7.00. The highest BCUT2D eigenvalue weighted by molar-refractivity contribution is 5.86. The highest BCUT2D eigenvalue weighted by atomic mass is 15.1. The zero-order valence-corrected chi connectivity index (χ0v) is 12.0. The minimum Gasteiger partial charge on any atom is -0.370 e. The van der Waals surface area contributed by atoms with Crippen LogP contribution in [0.1, 0.15) is 11.1 Å². The van der Waals surface area contributed by atoms with Crippen LogP contribution in [0.25, 0.3) is 10.9 Å². The van der Waals surface area contributed by atoms with E-state index in [-0.39, 0.29) is 0 Å². The first-order chi connectivity index (χ1) is 10.3. The van der Waals surface area contributed by atoms with Crippen molar-refractivity contribution in [1.82, 2.24) is 4.98 Å². The minimum atomic E-state index is 0.444. The van der Waals surface area contributed by atoms with E-state index >= 15 is 0 Å². The minimum absolute atomic E-state index is 0.444. The number of H-pyrrole nitrogens is 1. The topological polar surface area (TPSA) is 42.8 Å². The lowest BCUT2D eigenvalue weighted by molar-refractivity contribution is 0.924. The molecule has 0 spiro atoms. The van der Waals surface area contributed by atoms with E-state index in [1.165, 1.54) is 5.56 Å². The van der Waals surface area contributed by atoms with Gasteiger partial charge in [-0.25, -0.2) is 0 Å². The Kier molecular flexibility index (Phi) is 3.61. The normalized spacial score (nSPS) is 10.5. The van der Waals surface area contributed by atoms with E-state index in [0.717, 1.165) is 28.7 Å². The molecule has 0 bridgehead atoms. The number of aromatic amines is 1. The van der Waals surface area contributed by atoms with E-state index in [2.05, 4.69) is 65.5 Å². The molecule has 3 rings (SSSR count). The van der Waals surface area contributed by atoms with Crippen LogP contribution in [0.3, 0.4) is 0 Å². The summed E-state index contributed by atoms with van der Waals surface area (Å²) in [5.74, 6) is 0. The molecule has 3 heteroatoms. The van der Waals surface area contributed by atoms with Gasteiger partial charge in [0.25, 0.3) is 0 Å². The van der Waals surface area contributed by atoms with Gasteiger partial charge in [-0.1, -0.05) is 36.4 Å². The van der Waals surface area contributed by atoms with Gasteiger partial charge in [0.05, 0.1) is 12.5 Å². The molecule has 0 saturated heterocycles. The van der Waals surface area contributed by atoms with Gasteiger partial charge in [0.1, 0.15) is 0 Å². The van der Waals surface area contributed by atoms with Crippen LogP contribution in [0.15, 0.2) is 54.7 Å². The van der Waals surface area contributed by atoms with Crippen molar-refractivity contribution >= 4 is 16.6 Å². The van der Waals surface area contributed by atoms with Gasteiger partial charge in [-0.05, 0) is 23.3 Å². The Morgan fingerprint density at radius 3 is 2.71 bits per heavy atom. The van der Waals surface area contributed by atoms with Crippen LogP contribution in [0.4, 0.5) is 5.69 Å². The Balaban J connectivity index is 1.86. The fourth-order valence-corrected chi connectivity index (χ4v) is 2.59. The number of nitrogens with zero attached hydrogens (tertiary/aromatic N) is 2. The van der Waals surface area contributed by atoms with E-state index in [1.54, 1.807) is 0 Å². The fourth-order valence-electron chi connectivity index (χ4n) is 2.59. The Hall–Kier alpha value is -2.73. The van der Waals surface area contributed by atoms with Crippen molar-refractivity contribution in [2.75, 3.05) is 11.9 Å². The van der Waals surface area contributed by atoms with Crippen molar-refractivity contribution in [2.24, 2.45) is 0 Å². The molecule has 0 aliphatic rings. The van der Waals surface area contributed by atoms with Gasteiger partial charge >= 0.3 is 0 Å². The second-order valence-electron chi connectivity index (χ2n) is 5.22. The molecule has 0 amide bonds. The lowest BCUT2D eigenvalue weighted by atomic mass is 10.1. The van der Waals surface area contributed by atoms with Gasteiger partial charge in [0.15, 0.2) is 0 Å². The Morgan fingerprint density at radius 1 is 1.14 bits per heavy atom. The summed E-state index contributed by atoms with van der Waals surface area (Å²) in [7, 11) is 2.09. The van der Waals surface area contributed by atoms with Crippen molar-refractivity contribution in [3.05, 3.63) is 65.9 Å². The molecule has 0 fully saturated rings. The lowest BCUT2D eigenvalue weighted by Crippen LogP contribution is -2.16. The summed E-state index contributed by atoms with van der Waals surface area (Å²) in [5, 5.41) is 9.97. The molecule has 1 heterocycles. The van der Waals surface area contributed by atoms with Crippen molar-refractivity contribution in [1.29, 1.82) is 5.26 Å². The second kappa shape index (κ2) is 5.72. The number of rotatable bonds is 4. The number of anilines is 1. The van der Waals surface area contributed by atoms with E-state index in [4.69, 9.17) is 5.26 Å². The quantitative estimate of drug-likeness (QED) is 0.785. The maximum Gasteiger partial charge on any atom is 0.0670 e. The Bertz CT molecular complexity index is 781. The predicted molar refractivity (Wildman–Crippen MR) is 86.2 cm³/mol. The van der Waals surface area contributed by atoms with Crippen LogP contribution >= 0.6 is 0 Å². The first-order valence-electron chi connectivity index (χ1n) is 7.00. The predicted octanol–water partition coefficient (Wildman–Crippen LogP) is 3.87. The van der Waals surface area contributed by atoms with Crippen molar-refractivity contribution < 1.29 is 0 Å². The summed E-state index contributed by atoms with van der Waals surface area (Å²) in [5.41, 5.74) is 4.59. The monoisotopic (exact) mass is 275 g/mol. The average molecular weight is 275 g/mol. The third kappa shape index (κ3) is 2.75. The van der Waals surface area contributed by atoms with Crippen LogP contribution in [0.5, 0.6) is 0 Å². The molecule has 0 saturated carbocycles. The summed E-state index contributed by atoms with van der Waals surface area (Å²) < 4.78 is 0. The summed E-state index contributed by atoms with van der Waals surface area (Å²) in [6, 6.07) is 19.0. The number of hydrogen-bond donors (Lipinski definition) is 1. The summed E-state index contributed by atoms with van der Waals surface area (Å²) in [4.78, 5) is 5.48. The highest BCUT2D eigenvalue weighted by Gasteiger charge is 2.07. The SMILES string of the molecule is CN(Cc1ccccc1)c1ccc2c(CC#N)c[nH]c2c1. The second-order valence-corrected chi connectivity index (χ2v) is 5.22. The summed E-state index contributed by atoms with van der Waals surface area (Å²) >= 11 is 0. The van der Waals surface area contributed by atoms with Crippen molar-refractivity contribution in [2.45, 2.75) is 13.0 Å². The van der Waals surface area contributed by atoms with Gasteiger partial charge in [-0.3, -0.25) is 0 Å². The number of aromatic nitrogens is 1. The molecular weight excluding hydrogens is 258 g/mol. The number of benzene rings is 2. The molecule has 21 heavy (non-hydrogen) atoms. The van der Waals surface area contributed by atoms with E-state index in [1.807, 2.05) is 12.3 Å². The van der Waals surface area contributed by atoms with E-state index < -0.39 is 0 Å². The van der Waals surface area contributed by atoms with Crippen molar-refractivity contribution in [3.63, 3.8) is 0 Å². The molecule has 0 aliphatic carbocycles. The maximum atomic E-state index is 8.83. The largest absolute Gasteiger partial charge is 0.370 e. The smallest absolute Gasteiger partial charge is 0.0670 e. The van der Waals surface area contributed by atoms with E-state index in [0.29, 0.717) is 6.42 Å². The molecule has 0 unspecified atom stereocenters. The molecule has 0 atom stereocenters. The zero-order valence-electron chi connectivity index (χ0n) is 12.0. The molecule has 0 aliphatic heterocycles. The van der Waals surface area contributed by atoms with Crippen LogP contribution in [-0.2, 0) is 13.0 Å². The maximum absolute atomic E-state index is 8.83. The summed E-state index contributed by atoms with van der Waals surface area (Å²) in [6.07, 6.45) is 2.37. The molecule has 2 aromatic carbocycles. The fraction of sp³-hybridized carbons (Fsp3) is 0.167. The van der Waals surface area contributed by atoms with Crippen LogP contribution in [0.2, 0.25) is 0 Å². The van der Waals surface area contributed by atoms with Gasteiger partial charge in [0, 0.05) is 36.4 Å². The van der Waals surface area contributed by atoms with Crippen LogP contribution < -0.4 is 4.90 Å². The van der Waals surface area contributed by atoms with Crippen LogP contribution in [0, 0.1) is 11.3 Å². The number of fused-ring (bicyclic) bond motifs is 1. The number of nitrogens with one attached hydrogen (secondary N) is 1. The Morgan fingerprint density at radius 2 is 1.95 bits per heavy atom. The molecule has 3 aromatic rings. The molecule has 0 radical (unpaired) electrons. The molecule has 1 N–H and O–H groups in total.